The molecule has 0 radical (unpaired) electrons. The second kappa shape index (κ2) is 10.8. The van der Waals surface area contributed by atoms with Crippen molar-refractivity contribution in [2.24, 2.45) is 0 Å². The van der Waals surface area contributed by atoms with Crippen LogP contribution in [0.5, 0.6) is 0 Å². The third-order valence-electron chi connectivity index (χ3n) is 1.98. The van der Waals surface area contributed by atoms with Crippen LogP contribution in [0.1, 0.15) is 31.1 Å². The summed E-state index contributed by atoms with van der Waals surface area (Å²) in [6.07, 6.45) is -5.70. The van der Waals surface area contributed by atoms with Crippen molar-refractivity contribution in [1.29, 1.82) is 0 Å². The lowest BCUT2D eigenvalue weighted by Gasteiger charge is -2.19. The Balaban J connectivity index is 0. The number of hydrogen-bond acceptors (Lipinski definition) is 6. The van der Waals surface area contributed by atoms with E-state index in [-0.39, 0.29) is 0 Å². The van der Waals surface area contributed by atoms with E-state index >= 15 is 0 Å². The summed E-state index contributed by atoms with van der Waals surface area (Å²) in [6, 6.07) is 5.96. The maximum atomic E-state index is 11.6. The maximum Gasteiger partial charge on any atom is 0.488 e. The minimum atomic E-state index is -4.64. The van der Waals surface area contributed by atoms with Crippen molar-refractivity contribution < 1.29 is 42.7 Å². The number of hydrogen-bond donors (Lipinski definition) is 3. The SMILES string of the molecule is CC(C)(C)OC(=O)c1ccc(B(O)O)cc1.CO.O=CC(F)(F)F. The molecule has 136 valence electrons. The van der Waals surface area contributed by atoms with Crippen molar-refractivity contribution in [2.45, 2.75) is 32.5 Å². The Kier molecular flexibility index (Phi) is 10.9. The number of ether oxygens (including phenoxy) is 1. The number of halogens is 3. The Morgan fingerprint density at radius 1 is 1.08 bits per heavy atom. The van der Waals surface area contributed by atoms with E-state index in [1.165, 1.54) is 24.3 Å². The first-order chi connectivity index (χ1) is 10.9. The van der Waals surface area contributed by atoms with E-state index in [9.17, 15) is 18.0 Å². The zero-order valence-electron chi connectivity index (χ0n) is 13.7. The predicted octanol–water partition coefficient (Wildman–Crippen LogP) is 0.678. The largest absolute Gasteiger partial charge is 0.488 e. The number of aldehydes is 1. The predicted molar refractivity (Wildman–Crippen MR) is 81.7 cm³/mol. The quantitative estimate of drug-likeness (QED) is 0.411. The van der Waals surface area contributed by atoms with Crippen LogP contribution in [-0.4, -0.2) is 53.4 Å². The van der Waals surface area contributed by atoms with Gasteiger partial charge in [-0.25, -0.2) is 4.79 Å². The summed E-state index contributed by atoms with van der Waals surface area (Å²) in [7, 11) is -0.521. The third-order valence-corrected chi connectivity index (χ3v) is 1.98. The summed E-state index contributed by atoms with van der Waals surface area (Å²) < 4.78 is 36.4. The topological polar surface area (TPSA) is 104 Å². The van der Waals surface area contributed by atoms with Crippen LogP contribution in [0.25, 0.3) is 0 Å². The molecular weight excluding hydrogens is 332 g/mol. The average Bonchev–Trinajstić information content (AvgIpc) is 2.47. The van der Waals surface area contributed by atoms with Crippen LogP contribution in [0.2, 0.25) is 0 Å². The molecule has 0 heterocycles. The van der Waals surface area contributed by atoms with Crippen molar-refractivity contribution >= 4 is 24.8 Å². The molecule has 0 aromatic heterocycles. The number of esters is 1. The van der Waals surface area contributed by atoms with Gasteiger partial charge in [0.1, 0.15) is 5.60 Å². The fourth-order valence-electron chi connectivity index (χ4n) is 1.13. The standard InChI is InChI=1S/C11H15BO4.C2HF3O.CH4O/c1-11(2,3)16-10(13)8-4-6-9(7-5-8)12(14)15;3-2(4,5)1-6;1-2/h4-7,14-15H,1-3H3;1H;2H,1H3. The van der Waals surface area contributed by atoms with E-state index in [0.717, 1.165) is 7.11 Å². The molecule has 0 bridgehead atoms. The Morgan fingerprint density at radius 3 is 1.71 bits per heavy atom. The van der Waals surface area contributed by atoms with Gasteiger partial charge < -0.3 is 19.9 Å². The fourth-order valence-corrected chi connectivity index (χ4v) is 1.13. The summed E-state index contributed by atoms with van der Waals surface area (Å²) in [4.78, 5) is 20.3. The van der Waals surface area contributed by atoms with Crippen molar-refractivity contribution in [3.05, 3.63) is 29.8 Å². The van der Waals surface area contributed by atoms with Crippen molar-refractivity contribution in [2.75, 3.05) is 7.11 Å². The lowest BCUT2D eigenvalue weighted by atomic mass is 9.80. The van der Waals surface area contributed by atoms with E-state index in [1.54, 1.807) is 20.8 Å². The van der Waals surface area contributed by atoms with E-state index in [1.807, 2.05) is 0 Å². The molecule has 3 N–H and O–H groups in total. The molecule has 0 spiro atoms. The number of aliphatic hydroxyl groups excluding tert-OH is 1. The first-order valence-corrected chi connectivity index (χ1v) is 6.53. The van der Waals surface area contributed by atoms with Crippen LogP contribution < -0.4 is 5.46 Å². The van der Waals surface area contributed by atoms with Crippen molar-refractivity contribution in [1.82, 2.24) is 0 Å². The van der Waals surface area contributed by atoms with Crippen LogP contribution >= 0.6 is 0 Å². The van der Waals surface area contributed by atoms with Gasteiger partial charge in [-0.3, -0.25) is 4.79 Å². The molecule has 1 aromatic rings. The minimum Gasteiger partial charge on any atom is -0.456 e. The molecule has 0 saturated carbocycles. The van der Waals surface area contributed by atoms with Gasteiger partial charge >= 0.3 is 19.3 Å². The van der Waals surface area contributed by atoms with Crippen molar-refractivity contribution in [3.63, 3.8) is 0 Å². The number of aliphatic hydroxyl groups is 1. The molecule has 6 nitrogen and oxygen atoms in total. The van der Waals surface area contributed by atoms with E-state index in [0.29, 0.717) is 11.0 Å². The van der Waals surface area contributed by atoms with Crippen LogP contribution in [0, 0.1) is 0 Å². The molecule has 0 atom stereocenters. The number of alkyl halides is 3. The minimum absolute atomic E-state index is 0.340. The van der Waals surface area contributed by atoms with Crippen LogP contribution in [-0.2, 0) is 9.53 Å². The van der Waals surface area contributed by atoms with E-state index in [4.69, 9.17) is 24.7 Å². The smallest absolute Gasteiger partial charge is 0.456 e. The van der Waals surface area contributed by atoms with Gasteiger partial charge in [0.15, 0.2) is 0 Å². The number of carbonyl (C=O) groups excluding carboxylic acids is 2. The number of carbonyl (C=O) groups is 2. The third kappa shape index (κ3) is 12.6. The highest BCUT2D eigenvalue weighted by Crippen LogP contribution is 2.11. The molecule has 24 heavy (non-hydrogen) atoms. The van der Waals surface area contributed by atoms with E-state index < -0.39 is 31.2 Å². The van der Waals surface area contributed by atoms with Gasteiger partial charge in [-0.15, -0.1) is 0 Å². The second-order valence-corrected chi connectivity index (χ2v) is 5.16. The highest BCUT2D eigenvalue weighted by molar-refractivity contribution is 6.58. The molecule has 0 aliphatic heterocycles. The molecule has 0 amide bonds. The van der Waals surface area contributed by atoms with Gasteiger partial charge in [0.25, 0.3) is 0 Å². The van der Waals surface area contributed by atoms with Gasteiger partial charge in [0, 0.05) is 7.11 Å². The van der Waals surface area contributed by atoms with Gasteiger partial charge in [-0.2, -0.15) is 13.2 Å². The molecule has 1 rings (SSSR count). The highest BCUT2D eigenvalue weighted by Gasteiger charge is 2.24. The molecule has 1 aromatic carbocycles. The van der Waals surface area contributed by atoms with Crippen LogP contribution in [0.3, 0.4) is 0 Å². The Morgan fingerprint density at radius 2 is 1.46 bits per heavy atom. The Bertz CT molecular complexity index is 495. The normalized spacial score (nSPS) is 10.4. The van der Waals surface area contributed by atoms with Gasteiger partial charge in [-0.1, -0.05) is 12.1 Å². The zero-order chi connectivity index (χ0) is 19.6. The van der Waals surface area contributed by atoms with Crippen LogP contribution in [0.15, 0.2) is 24.3 Å². The summed E-state index contributed by atoms with van der Waals surface area (Å²) in [6.45, 7) is 5.37. The maximum absolute atomic E-state index is 11.6. The van der Waals surface area contributed by atoms with Gasteiger partial charge in [0.05, 0.1) is 5.56 Å². The Labute approximate surface area is 138 Å². The number of rotatable bonds is 2. The molecule has 0 fully saturated rings. The first-order valence-electron chi connectivity index (χ1n) is 6.53. The monoisotopic (exact) mass is 352 g/mol. The molecule has 0 aliphatic carbocycles. The lowest BCUT2D eigenvalue weighted by Crippen LogP contribution is -2.30. The summed E-state index contributed by atoms with van der Waals surface area (Å²) in [5.74, 6) is -0.425. The van der Waals surface area contributed by atoms with E-state index in [2.05, 4.69) is 0 Å². The molecule has 0 saturated heterocycles. The molecule has 0 unspecified atom stereocenters. The molecular formula is C14H20BF3O6. The average molecular weight is 352 g/mol. The van der Waals surface area contributed by atoms with Gasteiger partial charge in [-0.05, 0) is 38.4 Å². The first kappa shape index (κ1) is 24.3. The summed E-state index contributed by atoms with van der Waals surface area (Å²) in [5.41, 5.74) is 0.193. The second-order valence-electron chi connectivity index (χ2n) is 5.16. The number of benzene rings is 1. The molecule has 10 heteroatoms. The van der Waals surface area contributed by atoms with Gasteiger partial charge in [0.2, 0.25) is 6.29 Å². The lowest BCUT2D eigenvalue weighted by molar-refractivity contribution is -0.156. The van der Waals surface area contributed by atoms with Crippen molar-refractivity contribution in [3.8, 4) is 0 Å². The molecule has 0 aliphatic rings. The summed E-state index contributed by atoms with van der Waals surface area (Å²) >= 11 is 0. The fraction of sp³-hybridized carbons (Fsp3) is 0.429. The Hall–Kier alpha value is -1.91. The van der Waals surface area contributed by atoms with Crippen LogP contribution in [0.4, 0.5) is 13.2 Å². The summed E-state index contributed by atoms with van der Waals surface area (Å²) in [5, 5.41) is 24.8. The highest BCUT2D eigenvalue weighted by atomic mass is 19.4. The zero-order valence-corrected chi connectivity index (χ0v) is 13.7.